The summed E-state index contributed by atoms with van der Waals surface area (Å²) in [4.78, 5) is 12.3. The Morgan fingerprint density at radius 2 is 1.78 bits per heavy atom. The summed E-state index contributed by atoms with van der Waals surface area (Å²) in [5.41, 5.74) is 9.16. The minimum Gasteiger partial charge on any atom is -0.497 e. The number of hydrogen-bond donors (Lipinski definition) is 3. The van der Waals surface area contributed by atoms with Crippen molar-refractivity contribution in [3.8, 4) is 18.1 Å². The fourth-order valence-electron chi connectivity index (χ4n) is 3.52. The van der Waals surface area contributed by atoms with Gasteiger partial charge in [-0.2, -0.15) is 0 Å². The Labute approximate surface area is 186 Å². The highest BCUT2D eigenvalue weighted by atomic mass is 32.2. The number of amides is 1. The molecule has 0 atom stereocenters. The molecule has 0 saturated carbocycles. The lowest BCUT2D eigenvalue weighted by Crippen LogP contribution is -2.26. The Balaban J connectivity index is 2.39. The van der Waals surface area contributed by atoms with Crippen LogP contribution in [0.15, 0.2) is 64.4 Å². The quantitative estimate of drug-likeness (QED) is 0.230. The Kier molecular flexibility index (Phi) is 6.53. The summed E-state index contributed by atoms with van der Waals surface area (Å²) in [5, 5.41) is 9.44. The van der Waals surface area contributed by atoms with E-state index in [0.29, 0.717) is 16.9 Å². The summed E-state index contributed by atoms with van der Waals surface area (Å²) in [5.74, 6) is 1.79. The van der Waals surface area contributed by atoms with Crippen molar-refractivity contribution in [1.29, 1.82) is 0 Å². The molecular formula is C24H22N2O5S. The van der Waals surface area contributed by atoms with Crippen LogP contribution in [0.4, 0.5) is 5.69 Å². The molecule has 3 rings (SSSR count). The van der Waals surface area contributed by atoms with Gasteiger partial charge in [0.25, 0.3) is 5.91 Å². The zero-order valence-corrected chi connectivity index (χ0v) is 18.4. The van der Waals surface area contributed by atoms with E-state index in [9.17, 15) is 18.4 Å². The molecule has 0 aliphatic carbocycles. The number of ether oxygens (including phenoxy) is 1. The van der Waals surface area contributed by atoms with Crippen molar-refractivity contribution in [3.63, 3.8) is 0 Å². The summed E-state index contributed by atoms with van der Waals surface area (Å²) < 4.78 is 32.4. The number of hydroxylamine groups is 1. The van der Waals surface area contributed by atoms with Crippen molar-refractivity contribution in [2.75, 3.05) is 12.8 Å². The van der Waals surface area contributed by atoms with E-state index in [0.717, 1.165) is 5.56 Å². The molecule has 0 fully saturated rings. The number of sulfone groups is 1. The van der Waals surface area contributed by atoms with Crippen molar-refractivity contribution in [2.24, 2.45) is 0 Å². The number of nitrogens with one attached hydrogen (secondary N) is 1. The molecular weight excluding hydrogens is 428 g/mol. The minimum atomic E-state index is -4.30. The maximum absolute atomic E-state index is 13.7. The molecule has 0 radical (unpaired) electrons. The summed E-state index contributed by atoms with van der Waals surface area (Å²) in [6, 6.07) is 14.8. The van der Waals surface area contributed by atoms with Gasteiger partial charge in [0, 0.05) is 0 Å². The van der Waals surface area contributed by atoms with E-state index >= 15 is 0 Å². The molecule has 0 aliphatic rings. The van der Waals surface area contributed by atoms with Gasteiger partial charge in [0.1, 0.15) is 10.6 Å². The molecule has 1 amide bonds. The van der Waals surface area contributed by atoms with Crippen LogP contribution >= 0.6 is 0 Å². The van der Waals surface area contributed by atoms with Crippen molar-refractivity contribution in [1.82, 2.24) is 5.48 Å². The van der Waals surface area contributed by atoms with Crippen LogP contribution in [0.2, 0.25) is 0 Å². The standard InChI is InChI=1S/C24H22N2O5S/c1-4-19-22(25)15(2)20(14-16-8-6-5-7-9-16)21(24(27)26-28)23(19)32(29,30)18-12-10-17(31-3)11-13-18/h1,5-13,28H,14,25H2,2-3H3,(H,26,27). The third-order valence-electron chi connectivity index (χ3n) is 5.22. The average Bonchev–Trinajstić information content (AvgIpc) is 2.82. The lowest BCUT2D eigenvalue weighted by molar-refractivity contribution is 0.0701. The first-order chi connectivity index (χ1) is 15.3. The van der Waals surface area contributed by atoms with Crippen LogP contribution in [0.25, 0.3) is 0 Å². The third-order valence-corrected chi connectivity index (χ3v) is 7.06. The van der Waals surface area contributed by atoms with E-state index in [4.69, 9.17) is 16.9 Å². The largest absolute Gasteiger partial charge is 0.497 e. The number of nitrogens with two attached hydrogens (primary N) is 1. The molecule has 32 heavy (non-hydrogen) atoms. The summed E-state index contributed by atoms with van der Waals surface area (Å²) in [7, 11) is -2.84. The minimum absolute atomic E-state index is 0.0833. The second-order valence-electron chi connectivity index (χ2n) is 7.02. The number of hydrogen-bond acceptors (Lipinski definition) is 6. The molecule has 0 saturated heterocycles. The molecule has 164 valence electrons. The van der Waals surface area contributed by atoms with Gasteiger partial charge in [-0.05, 0) is 54.3 Å². The van der Waals surface area contributed by atoms with Gasteiger partial charge in [-0.15, -0.1) is 6.42 Å². The van der Waals surface area contributed by atoms with E-state index in [-0.39, 0.29) is 28.1 Å². The zero-order valence-electron chi connectivity index (χ0n) is 17.5. The van der Waals surface area contributed by atoms with E-state index in [1.807, 2.05) is 30.3 Å². The van der Waals surface area contributed by atoms with Gasteiger partial charge >= 0.3 is 0 Å². The van der Waals surface area contributed by atoms with Crippen LogP contribution in [-0.4, -0.2) is 26.6 Å². The number of carbonyl (C=O) groups is 1. The van der Waals surface area contributed by atoms with Gasteiger partial charge in [-0.25, -0.2) is 13.9 Å². The smallest absolute Gasteiger partial charge is 0.276 e. The first-order valence-electron chi connectivity index (χ1n) is 9.55. The highest BCUT2D eigenvalue weighted by molar-refractivity contribution is 7.91. The van der Waals surface area contributed by atoms with E-state index in [1.165, 1.54) is 31.4 Å². The number of methoxy groups -OCH3 is 1. The van der Waals surface area contributed by atoms with Crippen LogP contribution in [0.5, 0.6) is 5.75 Å². The van der Waals surface area contributed by atoms with Crippen LogP contribution in [0, 0.1) is 19.3 Å². The van der Waals surface area contributed by atoms with Gasteiger partial charge in [0.2, 0.25) is 9.84 Å². The SMILES string of the molecule is C#Cc1c(N)c(C)c(Cc2ccccc2)c(C(=O)NO)c1S(=O)(=O)c1ccc(OC)cc1. The molecule has 4 N–H and O–H groups in total. The number of anilines is 1. The zero-order chi connectivity index (χ0) is 23.5. The number of benzene rings is 3. The molecule has 0 aromatic heterocycles. The molecule has 0 spiro atoms. The van der Waals surface area contributed by atoms with Gasteiger partial charge in [0.15, 0.2) is 0 Å². The normalized spacial score (nSPS) is 10.9. The predicted molar refractivity (Wildman–Crippen MR) is 120 cm³/mol. The first-order valence-corrected chi connectivity index (χ1v) is 11.0. The maximum Gasteiger partial charge on any atom is 0.276 e. The number of rotatable bonds is 6. The Morgan fingerprint density at radius 3 is 2.31 bits per heavy atom. The lowest BCUT2D eigenvalue weighted by Gasteiger charge is -2.21. The van der Waals surface area contributed by atoms with Crippen molar-refractivity contribution in [2.45, 2.75) is 23.1 Å². The van der Waals surface area contributed by atoms with E-state index < -0.39 is 20.6 Å². The fourth-order valence-corrected chi connectivity index (χ4v) is 5.18. The fraction of sp³-hybridized carbons (Fsp3) is 0.125. The molecule has 0 heterocycles. The molecule has 7 nitrogen and oxygen atoms in total. The Hall–Kier alpha value is -3.80. The van der Waals surface area contributed by atoms with Gasteiger partial charge in [-0.3, -0.25) is 10.0 Å². The van der Waals surface area contributed by atoms with Crippen LogP contribution < -0.4 is 16.0 Å². The lowest BCUT2D eigenvalue weighted by atomic mass is 9.91. The third kappa shape index (κ3) is 4.04. The second-order valence-corrected chi connectivity index (χ2v) is 8.91. The van der Waals surface area contributed by atoms with Crippen molar-refractivity contribution in [3.05, 3.63) is 82.4 Å². The monoisotopic (exact) mass is 450 g/mol. The van der Waals surface area contributed by atoms with Crippen LogP contribution in [0.3, 0.4) is 0 Å². The number of nitrogen functional groups attached to an aromatic ring is 1. The molecule has 3 aromatic carbocycles. The highest BCUT2D eigenvalue weighted by Crippen LogP contribution is 2.37. The second kappa shape index (κ2) is 9.14. The summed E-state index contributed by atoms with van der Waals surface area (Å²) >= 11 is 0. The Morgan fingerprint density at radius 1 is 1.16 bits per heavy atom. The van der Waals surface area contributed by atoms with Gasteiger partial charge < -0.3 is 10.5 Å². The molecule has 0 bridgehead atoms. The maximum atomic E-state index is 13.7. The average molecular weight is 451 g/mol. The van der Waals surface area contributed by atoms with E-state index in [2.05, 4.69) is 5.92 Å². The molecule has 0 unspecified atom stereocenters. The molecule has 0 aliphatic heterocycles. The summed E-state index contributed by atoms with van der Waals surface area (Å²) in [6.45, 7) is 1.66. The summed E-state index contributed by atoms with van der Waals surface area (Å²) in [6.07, 6.45) is 5.85. The Bertz CT molecular complexity index is 1310. The van der Waals surface area contributed by atoms with Gasteiger partial charge in [0.05, 0.1) is 28.8 Å². The van der Waals surface area contributed by atoms with Gasteiger partial charge in [-0.1, -0.05) is 36.3 Å². The van der Waals surface area contributed by atoms with Crippen LogP contribution in [0.1, 0.15) is 32.6 Å². The molecule has 8 heteroatoms. The molecule has 3 aromatic rings. The highest BCUT2D eigenvalue weighted by Gasteiger charge is 2.33. The van der Waals surface area contributed by atoms with Crippen molar-refractivity contribution >= 4 is 21.4 Å². The van der Waals surface area contributed by atoms with E-state index in [1.54, 1.807) is 12.4 Å². The van der Waals surface area contributed by atoms with Crippen LogP contribution in [-0.2, 0) is 16.3 Å². The first kappa shape index (κ1) is 22.9. The number of terminal acetylenes is 1. The number of carbonyl (C=O) groups excluding carboxylic acids is 1. The van der Waals surface area contributed by atoms with Crippen molar-refractivity contribution < 1.29 is 23.2 Å². The topological polar surface area (TPSA) is 119 Å². The predicted octanol–water partition coefficient (Wildman–Crippen LogP) is 3.11.